The molecule has 0 aromatic carbocycles. The molecule has 0 aromatic rings. The van der Waals surface area contributed by atoms with Crippen LogP contribution in [-0.2, 0) is 9.59 Å². The van der Waals surface area contributed by atoms with Gasteiger partial charge in [0, 0.05) is 19.6 Å². The first-order valence-electron chi connectivity index (χ1n) is 7.30. The number of nitrogens with zero attached hydrogens (tertiary/aromatic N) is 1. The first-order chi connectivity index (χ1) is 8.74. The van der Waals surface area contributed by atoms with Crippen LogP contribution in [-0.4, -0.2) is 36.3 Å². The average Bonchev–Trinajstić information content (AvgIpc) is 3.17. The molecule has 2 unspecified atom stereocenters. The Kier molecular flexibility index (Phi) is 4.61. The second-order valence-corrected chi connectivity index (χ2v) is 5.48. The van der Waals surface area contributed by atoms with Crippen molar-refractivity contribution >= 4 is 11.8 Å². The number of nitrogens with one attached hydrogen (secondary N) is 1. The molecule has 1 aliphatic heterocycles. The summed E-state index contributed by atoms with van der Waals surface area (Å²) in [5.74, 6) is 0.214. The molecule has 1 saturated carbocycles. The van der Waals surface area contributed by atoms with Crippen molar-refractivity contribution in [2.45, 2.75) is 45.4 Å². The monoisotopic (exact) mass is 252 g/mol. The van der Waals surface area contributed by atoms with E-state index in [1.807, 2.05) is 11.8 Å². The highest BCUT2D eigenvalue weighted by atomic mass is 16.2. The van der Waals surface area contributed by atoms with E-state index in [0.717, 1.165) is 45.3 Å². The molecular formula is C14H24N2O2. The number of hydrogen-bond donors (Lipinski definition) is 1. The Balaban J connectivity index is 1.79. The van der Waals surface area contributed by atoms with E-state index < -0.39 is 0 Å². The summed E-state index contributed by atoms with van der Waals surface area (Å²) in [6, 6.07) is 0. The molecule has 2 amide bonds. The van der Waals surface area contributed by atoms with E-state index in [9.17, 15) is 9.59 Å². The molecular weight excluding hydrogens is 228 g/mol. The maximum absolute atomic E-state index is 12.2. The Bertz CT molecular complexity index is 309. The van der Waals surface area contributed by atoms with Crippen LogP contribution in [0.3, 0.4) is 0 Å². The van der Waals surface area contributed by atoms with Gasteiger partial charge < -0.3 is 10.2 Å². The zero-order chi connectivity index (χ0) is 13.0. The minimum absolute atomic E-state index is 0.0278. The van der Waals surface area contributed by atoms with Gasteiger partial charge in [-0.25, -0.2) is 0 Å². The lowest BCUT2D eigenvalue weighted by Gasteiger charge is -2.20. The third kappa shape index (κ3) is 3.24. The average molecular weight is 252 g/mol. The third-order valence-electron chi connectivity index (χ3n) is 3.91. The molecule has 102 valence electrons. The minimum Gasteiger partial charge on any atom is -0.356 e. The second-order valence-electron chi connectivity index (χ2n) is 5.48. The van der Waals surface area contributed by atoms with Gasteiger partial charge in [0.15, 0.2) is 0 Å². The van der Waals surface area contributed by atoms with Crippen LogP contribution in [0.15, 0.2) is 0 Å². The zero-order valence-corrected chi connectivity index (χ0v) is 11.3. The molecule has 0 radical (unpaired) electrons. The lowest BCUT2D eigenvalue weighted by atomic mass is 10.2. The molecule has 0 bridgehead atoms. The molecule has 1 aliphatic carbocycles. The second kappa shape index (κ2) is 6.21. The van der Waals surface area contributed by atoms with Crippen molar-refractivity contribution in [1.29, 1.82) is 0 Å². The summed E-state index contributed by atoms with van der Waals surface area (Å²) >= 11 is 0. The fourth-order valence-corrected chi connectivity index (χ4v) is 2.66. The Morgan fingerprint density at radius 3 is 2.39 bits per heavy atom. The topological polar surface area (TPSA) is 49.4 Å². The lowest BCUT2D eigenvalue weighted by Crippen LogP contribution is -2.35. The minimum atomic E-state index is -0.0488. The molecule has 0 spiro atoms. The van der Waals surface area contributed by atoms with Gasteiger partial charge in [0.2, 0.25) is 11.8 Å². The molecule has 1 N–H and O–H groups in total. The van der Waals surface area contributed by atoms with Crippen LogP contribution in [0.1, 0.15) is 45.4 Å². The summed E-state index contributed by atoms with van der Waals surface area (Å²) in [7, 11) is 0. The third-order valence-corrected chi connectivity index (χ3v) is 3.91. The van der Waals surface area contributed by atoms with Gasteiger partial charge in [0.05, 0.1) is 11.8 Å². The fraction of sp³-hybridized carbons (Fsp3) is 0.857. The molecule has 2 aliphatic rings. The lowest BCUT2D eigenvalue weighted by molar-refractivity contribution is -0.134. The highest BCUT2D eigenvalue weighted by molar-refractivity contribution is 5.92. The van der Waals surface area contributed by atoms with Gasteiger partial charge in [-0.1, -0.05) is 19.8 Å². The summed E-state index contributed by atoms with van der Waals surface area (Å²) < 4.78 is 0. The number of carbonyl (C=O) groups is 2. The van der Waals surface area contributed by atoms with Gasteiger partial charge in [0.25, 0.3) is 0 Å². The predicted molar refractivity (Wildman–Crippen MR) is 69.9 cm³/mol. The van der Waals surface area contributed by atoms with Gasteiger partial charge in [0.1, 0.15) is 0 Å². The van der Waals surface area contributed by atoms with Crippen LogP contribution in [0.25, 0.3) is 0 Å². The molecule has 1 heterocycles. The summed E-state index contributed by atoms with van der Waals surface area (Å²) in [5, 5.41) is 2.88. The predicted octanol–water partition coefficient (Wildman–Crippen LogP) is 1.55. The summed E-state index contributed by atoms with van der Waals surface area (Å²) in [4.78, 5) is 26.0. The Hall–Kier alpha value is -1.06. The van der Waals surface area contributed by atoms with Crippen molar-refractivity contribution < 1.29 is 9.59 Å². The first kappa shape index (κ1) is 13.4. The maximum atomic E-state index is 12.2. The van der Waals surface area contributed by atoms with Crippen LogP contribution in [0.5, 0.6) is 0 Å². The molecule has 4 nitrogen and oxygen atoms in total. The molecule has 2 rings (SSSR count). The number of amides is 2. The van der Waals surface area contributed by atoms with Crippen molar-refractivity contribution in [2.75, 3.05) is 19.6 Å². The summed E-state index contributed by atoms with van der Waals surface area (Å²) in [5.41, 5.74) is 0. The van der Waals surface area contributed by atoms with Crippen molar-refractivity contribution in [3.63, 3.8) is 0 Å². The van der Waals surface area contributed by atoms with Gasteiger partial charge in [-0.15, -0.1) is 0 Å². The van der Waals surface area contributed by atoms with E-state index in [1.54, 1.807) is 0 Å². The number of hydrogen-bond acceptors (Lipinski definition) is 2. The number of rotatable bonds is 4. The van der Waals surface area contributed by atoms with Crippen molar-refractivity contribution in [3.8, 4) is 0 Å². The van der Waals surface area contributed by atoms with E-state index >= 15 is 0 Å². The van der Waals surface area contributed by atoms with Gasteiger partial charge in [-0.05, 0) is 25.7 Å². The summed E-state index contributed by atoms with van der Waals surface area (Å²) in [6.07, 6.45) is 6.40. The largest absolute Gasteiger partial charge is 0.356 e. The van der Waals surface area contributed by atoms with Crippen LogP contribution >= 0.6 is 0 Å². The zero-order valence-electron chi connectivity index (χ0n) is 11.3. The molecule has 2 atom stereocenters. The Morgan fingerprint density at radius 2 is 1.78 bits per heavy atom. The van der Waals surface area contributed by atoms with Crippen molar-refractivity contribution in [3.05, 3.63) is 0 Å². The number of carbonyl (C=O) groups excluding carboxylic acids is 2. The van der Waals surface area contributed by atoms with Crippen molar-refractivity contribution in [2.24, 2.45) is 11.8 Å². The van der Waals surface area contributed by atoms with E-state index in [1.165, 1.54) is 12.8 Å². The molecule has 1 saturated heterocycles. The SMILES string of the molecule is CCCNC(=O)C1CC1C(=O)N1CCCCCC1. The van der Waals surface area contributed by atoms with Gasteiger partial charge in [-0.2, -0.15) is 0 Å². The van der Waals surface area contributed by atoms with E-state index in [0.29, 0.717) is 0 Å². The Labute approximate surface area is 109 Å². The number of likely N-dealkylation sites (tertiary alicyclic amines) is 1. The quantitative estimate of drug-likeness (QED) is 0.825. The van der Waals surface area contributed by atoms with Gasteiger partial charge >= 0.3 is 0 Å². The molecule has 0 aromatic heterocycles. The highest BCUT2D eigenvalue weighted by Gasteiger charge is 2.49. The smallest absolute Gasteiger partial charge is 0.226 e. The normalized spacial score (nSPS) is 27.5. The molecule has 18 heavy (non-hydrogen) atoms. The maximum Gasteiger partial charge on any atom is 0.226 e. The van der Waals surface area contributed by atoms with E-state index in [-0.39, 0.29) is 23.7 Å². The van der Waals surface area contributed by atoms with Crippen LogP contribution in [0.4, 0.5) is 0 Å². The van der Waals surface area contributed by atoms with Crippen LogP contribution in [0.2, 0.25) is 0 Å². The highest BCUT2D eigenvalue weighted by Crippen LogP contribution is 2.40. The summed E-state index contributed by atoms with van der Waals surface area (Å²) in [6.45, 7) is 4.53. The first-order valence-corrected chi connectivity index (χ1v) is 7.30. The van der Waals surface area contributed by atoms with Gasteiger partial charge in [-0.3, -0.25) is 9.59 Å². The fourth-order valence-electron chi connectivity index (χ4n) is 2.66. The van der Waals surface area contributed by atoms with E-state index in [4.69, 9.17) is 0 Å². The molecule has 4 heteroatoms. The van der Waals surface area contributed by atoms with E-state index in [2.05, 4.69) is 5.32 Å². The molecule has 2 fully saturated rings. The van der Waals surface area contributed by atoms with Crippen LogP contribution < -0.4 is 5.32 Å². The standard InChI is InChI=1S/C14H24N2O2/c1-2-7-15-13(17)11-10-12(11)14(18)16-8-5-3-4-6-9-16/h11-12H,2-10H2,1H3,(H,15,17). The van der Waals surface area contributed by atoms with Crippen LogP contribution in [0, 0.1) is 11.8 Å². The Morgan fingerprint density at radius 1 is 1.11 bits per heavy atom. The van der Waals surface area contributed by atoms with Crippen molar-refractivity contribution in [1.82, 2.24) is 10.2 Å².